The van der Waals surface area contributed by atoms with Gasteiger partial charge in [0.1, 0.15) is 22.8 Å². The second-order valence-electron chi connectivity index (χ2n) is 6.06. The van der Waals surface area contributed by atoms with Crippen LogP contribution >= 0.6 is 0 Å². The molecule has 0 fully saturated rings. The number of carbonyl (C=O) groups excluding carboxylic acids is 2. The standard InChI is InChI=1S/C24H20O5/c1-27-21-9-6-10-22(28-2)23(21)24(26)29-19-14-11-17(12-15-19)13-16-20(25)18-7-4-3-5-8-18/h3-16H,1-2H3. The quantitative estimate of drug-likeness (QED) is 0.251. The van der Waals surface area contributed by atoms with Crippen LogP contribution in [0.5, 0.6) is 17.2 Å². The van der Waals surface area contributed by atoms with Crippen molar-refractivity contribution in [3.63, 3.8) is 0 Å². The van der Waals surface area contributed by atoms with Crippen molar-refractivity contribution < 1.29 is 23.8 Å². The van der Waals surface area contributed by atoms with Gasteiger partial charge in [-0.15, -0.1) is 0 Å². The summed E-state index contributed by atoms with van der Waals surface area (Å²) < 4.78 is 15.9. The molecule has 3 aromatic rings. The first-order valence-electron chi connectivity index (χ1n) is 8.93. The first-order chi connectivity index (χ1) is 14.1. The van der Waals surface area contributed by atoms with E-state index in [0.717, 1.165) is 5.56 Å². The van der Waals surface area contributed by atoms with Gasteiger partial charge in [-0.25, -0.2) is 4.79 Å². The number of carbonyl (C=O) groups is 2. The molecule has 29 heavy (non-hydrogen) atoms. The Bertz CT molecular complexity index is 999. The van der Waals surface area contributed by atoms with Crippen LogP contribution in [0.1, 0.15) is 26.3 Å². The number of ketones is 1. The van der Waals surface area contributed by atoms with E-state index >= 15 is 0 Å². The monoisotopic (exact) mass is 388 g/mol. The minimum Gasteiger partial charge on any atom is -0.496 e. The van der Waals surface area contributed by atoms with Crippen LogP contribution in [0, 0.1) is 0 Å². The van der Waals surface area contributed by atoms with E-state index in [2.05, 4.69) is 0 Å². The summed E-state index contributed by atoms with van der Waals surface area (Å²) in [6, 6.07) is 20.9. The smallest absolute Gasteiger partial charge is 0.351 e. The Kier molecular flexibility index (Phi) is 6.43. The Morgan fingerprint density at radius 2 is 1.38 bits per heavy atom. The molecule has 0 unspecified atom stereocenters. The molecule has 0 radical (unpaired) electrons. The van der Waals surface area contributed by atoms with E-state index in [0.29, 0.717) is 22.8 Å². The molecule has 3 aromatic carbocycles. The SMILES string of the molecule is COc1cccc(OC)c1C(=O)Oc1ccc(C=CC(=O)c2ccccc2)cc1. The zero-order valence-electron chi connectivity index (χ0n) is 16.1. The number of allylic oxidation sites excluding steroid dienone is 1. The molecular formula is C24H20O5. The van der Waals surface area contributed by atoms with Crippen LogP contribution in [0.3, 0.4) is 0 Å². The lowest BCUT2D eigenvalue weighted by atomic mass is 10.1. The first kappa shape index (κ1) is 19.9. The molecule has 0 aromatic heterocycles. The molecule has 0 aliphatic rings. The van der Waals surface area contributed by atoms with Gasteiger partial charge in [0.2, 0.25) is 0 Å². The molecule has 0 heterocycles. The fraction of sp³-hybridized carbons (Fsp3) is 0.0833. The lowest BCUT2D eigenvalue weighted by Crippen LogP contribution is -2.11. The van der Waals surface area contributed by atoms with Crippen molar-refractivity contribution in [3.05, 3.63) is 95.6 Å². The molecule has 0 bridgehead atoms. The van der Waals surface area contributed by atoms with Gasteiger partial charge in [0, 0.05) is 5.56 Å². The highest BCUT2D eigenvalue weighted by atomic mass is 16.5. The molecule has 0 saturated heterocycles. The van der Waals surface area contributed by atoms with Crippen molar-refractivity contribution in [1.29, 1.82) is 0 Å². The van der Waals surface area contributed by atoms with Crippen LogP contribution in [-0.4, -0.2) is 26.0 Å². The third kappa shape index (κ3) is 4.90. The first-order valence-corrected chi connectivity index (χ1v) is 8.93. The highest BCUT2D eigenvalue weighted by Crippen LogP contribution is 2.29. The van der Waals surface area contributed by atoms with Crippen LogP contribution in [0.2, 0.25) is 0 Å². The van der Waals surface area contributed by atoms with Crippen LogP contribution in [0.25, 0.3) is 6.08 Å². The van der Waals surface area contributed by atoms with Crippen LogP contribution < -0.4 is 14.2 Å². The Morgan fingerprint density at radius 3 is 1.97 bits per heavy atom. The number of esters is 1. The average Bonchev–Trinajstić information content (AvgIpc) is 2.78. The molecule has 0 spiro atoms. The molecule has 0 atom stereocenters. The Morgan fingerprint density at radius 1 is 0.759 bits per heavy atom. The third-order valence-electron chi connectivity index (χ3n) is 4.21. The maximum absolute atomic E-state index is 12.6. The molecular weight excluding hydrogens is 368 g/mol. The van der Waals surface area contributed by atoms with Crippen LogP contribution in [0.15, 0.2) is 78.9 Å². The Hall–Kier alpha value is -3.86. The highest BCUT2D eigenvalue weighted by molar-refractivity contribution is 6.06. The second kappa shape index (κ2) is 9.37. The molecule has 0 saturated carbocycles. The molecule has 5 heteroatoms. The Balaban J connectivity index is 1.71. The van der Waals surface area contributed by atoms with Crippen LogP contribution in [0.4, 0.5) is 0 Å². The lowest BCUT2D eigenvalue weighted by Gasteiger charge is -2.12. The normalized spacial score (nSPS) is 10.6. The minimum atomic E-state index is -0.582. The van der Waals surface area contributed by atoms with Gasteiger partial charge in [-0.1, -0.05) is 54.6 Å². The van der Waals surface area contributed by atoms with E-state index in [1.165, 1.54) is 20.3 Å². The summed E-state index contributed by atoms with van der Waals surface area (Å²) in [6.07, 6.45) is 3.22. The van der Waals surface area contributed by atoms with E-state index in [1.807, 2.05) is 18.2 Å². The van der Waals surface area contributed by atoms with Gasteiger partial charge in [-0.3, -0.25) is 4.79 Å². The maximum Gasteiger partial charge on any atom is 0.351 e. The van der Waals surface area contributed by atoms with E-state index in [-0.39, 0.29) is 11.3 Å². The predicted octanol–water partition coefficient (Wildman–Crippen LogP) is 4.82. The van der Waals surface area contributed by atoms with E-state index in [4.69, 9.17) is 14.2 Å². The minimum absolute atomic E-state index is 0.0793. The summed E-state index contributed by atoms with van der Waals surface area (Å²) in [4.78, 5) is 24.7. The summed E-state index contributed by atoms with van der Waals surface area (Å²) in [5, 5.41) is 0. The van der Waals surface area contributed by atoms with Crippen molar-refractivity contribution in [2.45, 2.75) is 0 Å². The number of hydrogen-bond donors (Lipinski definition) is 0. The van der Waals surface area contributed by atoms with Gasteiger partial charge in [0.05, 0.1) is 14.2 Å². The summed E-state index contributed by atoms with van der Waals surface area (Å²) in [5.41, 5.74) is 1.65. The zero-order valence-corrected chi connectivity index (χ0v) is 16.1. The van der Waals surface area contributed by atoms with Crippen molar-refractivity contribution in [2.24, 2.45) is 0 Å². The number of benzene rings is 3. The molecule has 3 rings (SSSR count). The van der Waals surface area contributed by atoms with Gasteiger partial charge in [0.15, 0.2) is 5.78 Å². The predicted molar refractivity (Wildman–Crippen MR) is 111 cm³/mol. The van der Waals surface area contributed by atoms with Gasteiger partial charge in [-0.05, 0) is 35.9 Å². The van der Waals surface area contributed by atoms with Crippen molar-refractivity contribution in [3.8, 4) is 17.2 Å². The molecule has 0 aliphatic heterocycles. The second-order valence-corrected chi connectivity index (χ2v) is 6.06. The van der Waals surface area contributed by atoms with Crippen molar-refractivity contribution in [1.82, 2.24) is 0 Å². The molecule has 5 nitrogen and oxygen atoms in total. The molecule has 146 valence electrons. The number of rotatable bonds is 7. The van der Waals surface area contributed by atoms with Crippen molar-refractivity contribution in [2.75, 3.05) is 14.2 Å². The van der Waals surface area contributed by atoms with E-state index in [9.17, 15) is 9.59 Å². The summed E-state index contributed by atoms with van der Waals surface area (Å²) in [6.45, 7) is 0. The number of methoxy groups -OCH3 is 2. The third-order valence-corrected chi connectivity index (χ3v) is 4.21. The molecule has 0 N–H and O–H groups in total. The number of ether oxygens (including phenoxy) is 3. The van der Waals surface area contributed by atoms with Crippen LogP contribution in [-0.2, 0) is 0 Å². The largest absolute Gasteiger partial charge is 0.496 e. The van der Waals surface area contributed by atoms with Gasteiger partial charge < -0.3 is 14.2 Å². The zero-order chi connectivity index (χ0) is 20.6. The molecule has 0 aliphatic carbocycles. The fourth-order valence-electron chi connectivity index (χ4n) is 2.73. The fourth-order valence-corrected chi connectivity index (χ4v) is 2.73. The number of hydrogen-bond acceptors (Lipinski definition) is 5. The van der Waals surface area contributed by atoms with E-state index in [1.54, 1.807) is 60.7 Å². The van der Waals surface area contributed by atoms with Gasteiger partial charge >= 0.3 is 5.97 Å². The van der Waals surface area contributed by atoms with Crippen molar-refractivity contribution >= 4 is 17.8 Å². The topological polar surface area (TPSA) is 61.8 Å². The summed E-state index contributed by atoms with van der Waals surface area (Å²) in [5.74, 6) is 0.447. The summed E-state index contributed by atoms with van der Waals surface area (Å²) >= 11 is 0. The van der Waals surface area contributed by atoms with Gasteiger partial charge in [0.25, 0.3) is 0 Å². The Labute approximate surface area is 169 Å². The van der Waals surface area contributed by atoms with Gasteiger partial charge in [-0.2, -0.15) is 0 Å². The van der Waals surface area contributed by atoms with E-state index < -0.39 is 5.97 Å². The molecule has 0 amide bonds. The maximum atomic E-state index is 12.6. The lowest BCUT2D eigenvalue weighted by molar-refractivity contribution is 0.0727. The highest BCUT2D eigenvalue weighted by Gasteiger charge is 2.20. The average molecular weight is 388 g/mol. The summed E-state index contributed by atoms with van der Waals surface area (Å²) in [7, 11) is 2.95.